The third-order valence-electron chi connectivity index (χ3n) is 4.62. The summed E-state index contributed by atoms with van der Waals surface area (Å²) in [6, 6.07) is 17.6. The number of carbonyl (C=O) groups excluding carboxylic acids is 2. The summed E-state index contributed by atoms with van der Waals surface area (Å²) >= 11 is 0. The van der Waals surface area contributed by atoms with Crippen molar-refractivity contribution in [1.29, 1.82) is 0 Å². The van der Waals surface area contributed by atoms with E-state index in [0.29, 0.717) is 5.56 Å². The van der Waals surface area contributed by atoms with Crippen molar-refractivity contribution in [3.8, 4) is 0 Å². The number of nitrogens with zero attached hydrogens (tertiary/aromatic N) is 1. The van der Waals surface area contributed by atoms with Crippen LogP contribution in [0.1, 0.15) is 46.8 Å². The van der Waals surface area contributed by atoms with Gasteiger partial charge in [0.15, 0.2) is 5.78 Å². The Morgan fingerprint density at radius 3 is 2.48 bits per heavy atom. The number of fused-ring (bicyclic) bond motifs is 1. The lowest BCUT2D eigenvalue weighted by atomic mass is 10.0. The molecule has 3 heteroatoms. The van der Waals surface area contributed by atoms with Crippen LogP contribution in [0, 0.1) is 0 Å². The number of rotatable bonds is 5. The zero-order valence-electron chi connectivity index (χ0n) is 13.4. The monoisotopic (exact) mass is 307 g/mol. The van der Waals surface area contributed by atoms with E-state index in [2.05, 4.69) is 12.1 Å². The molecule has 23 heavy (non-hydrogen) atoms. The smallest absolute Gasteiger partial charge is 0.223 e. The van der Waals surface area contributed by atoms with Crippen molar-refractivity contribution in [3.05, 3.63) is 71.3 Å². The molecule has 2 aromatic rings. The number of Topliss-reactive ketones (excluding diaryl/α,β-unsaturated/α-hetero) is 1. The van der Waals surface area contributed by atoms with Crippen molar-refractivity contribution in [1.82, 2.24) is 4.90 Å². The Morgan fingerprint density at radius 2 is 1.70 bits per heavy atom. The van der Waals surface area contributed by atoms with Crippen molar-refractivity contribution in [3.63, 3.8) is 0 Å². The van der Waals surface area contributed by atoms with E-state index in [-0.39, 0.29) is 30.6 Å². The molecule has 0 spiro atoms. The van der Waals surface area contributed by atoms with Gasteiger partial charge >= 0.3 is 0 Å². The Kier molecular flexibility index (Phi) is 4.56. The highest BCUT2D eigenvalue weighted by atomic mass is 16.2. The molecular weight excluding hydrogens is 286 g/mol. The standard InChI is InChI=1S/C20H21NO2/c1-21(18-12-11-15-7-5-6-10-17(15)18)20(23)14-13-19(22)16-8-3-2-4-9-16/h2-10,18H,11-14H2,1H3. The highest BCUT2D eigenvalue weighted by Crippen LogP contribution is 2.35. The fourth-order valence-electron chi connectivity index (χ4n) is 3.28. The van der Waals surface area contributed by atoms with Gasteiger partial charge in [0.2, 0.25) is 5.91 Å². The molecule has 1 atom stereocenters. The van der Waals surface area contributed by atoms with Crippen molar-refractivity contribution in [2.75, 3.05) is 7.05 Å². The Balaban J connectivity index is 1.60. The zero-order chi connectivity index (χ0) is 16.2. The summed E-state index contributed by atoms with van der Waals surface area (Å²) in [4.78, 5) is 26.4. The van der Waals surface area contributed by atoms with E-state index in [9.17, 15) is 9.59 Å². The van der Waals surface area contributed by atoms with Crippen LogP contribution in [0.25, 0.3) is 0 Å². The Labute approximate surface area is 136 Å². The third-order valence-corrected chi connectivity index (χ3v) is 4.62. The molecule has 2 aromatic carbocycles. The average molecular weight is 307 g/mol. The summed E-state index contributed by atoms with van der Waals surface area (Å²) < 4.78 is 0. The minimum Gasteiger partial charge on any atom is -0.339 e. The summed E-state index contributed by atoms with van der Waals surface area (Å²) in [6.45, 7) is 0. The maximum absolute atomic E-state index is 12.4. The molecule has 1 aliphatic rings. The number of ketones is 1. The van der Waals surface area contributed by atoms with Crippen LogP contribution in [0.5, 0.6) is 0 Å². The van der Waals surface area contributed by atoms with Gasteiger partial charge < -0.3 is 4.90 Å². The van der Waals surface area contributed by atoms with Gasteiger partial charge in [-0.05, 0) is 24.0 Å². The molecule has 3 nitrogen and oxygen atoms in total. The molecule has 0 fully saturated rings. The predicted octanol–water partition coefficient (Wildman–Crippen LogP) is 3.80. The van der Waals surface area contributed by atoms with E-state index in [1.807, 2.05) is 42.3 Å². The highest BCUT2D eigenvalue weighted by Gasteiger charge is 2.28. The largest absolute Gasteiger partial charge is 0.339 e. The topological polar surface area (TPSA) is 37.4 Å². The normalized spacial score (nSPS) is 16.0. The van der Waals surface area contributed by atoms with Crippen molar-refractivity contribution >= 4 is 11.7 Å². The lowest BCUT2D eigenvalue weighted by molar-refractivity contribution is -0.132. The van der Waals surface area contributed by atoms with Crippen molar-refractivity contribution < 1.29 is 9.59 Å². The van der Waals surface area contributed by atoms with Crippen molar-refractivity contribution in [2.45, 2.75) is 31.7 Å². The second-order valence-electron chi connectivity index (χ2n) is 6.05. The number of benzene rings is 2. The van der Waals surface area contributed by atoms with Crippen LogP contribution >= 0.6 is 0 Å². The van der Waals surface area contributed by atoms with E-state index < -0.39 is 0 Å². The van der Waals surface area contributed by atoms with Gasteiger partial charge in [-0.1, -0.05) is 54.6 Å². The number of hydrogen-bond acceptors (Lipinski definition) is 2. The van der Waals surface area contributed by atoms with E-state index in [4.69, 9.17) is 0 Å². The number of carbonyl (C=O) groups is 2. The highest BCUT2D eigenvalue weighted by molar-refractivity contribution is 5.97. The molecule has 1 amide bonds. The molecule has 118 valence electrons. The van der Waals surface area contributed by atoms with Gasteiger partial charge in [0.25, 0.3) is 0 Å². The van der Waals surface area contributed by atoms with Crippen LogP contribution in [0.3, 0.4) is 0 Å². The Morgan fingerprint density at radius 1 is 1.00 bits per heavy atom. The molecule has 1 aliphatic carbocycles. The molecule has 0 aromatic heterocycles. The SMILES string of the molecule is CN(C(=O)CCC(=O)c1ccccc1)C1CCc2ccccc21. The third kappa shape index (κ3) is 3.34. The second-order valence-corrected chi connectivity index (χ2v) is 6.05. The molecule has 0 radical (unpaired) electrons. The molecule has 0 aliphatic heterocycles. The minimum atomic E-state index is 0.0270. The summed E-state index contributed by atoms with van der Waals surface area (Å²) in [6.07, 6.45) is 2.51. The maximum Gasteiger partial charge on any atom is 0.223 e. The van der Waals surface area contributed by atoms with E-state index in [0.717, 1.165) is 12.8 Å². The second kappa shape index (κ2) is 6.78. The molecular formula is C20H21NO2. The summed E-state index contributed by atoms with van der Waals surface area (Å²) in [5, 5.41) is 0. The molecule has 0 N–H and O–H groups in total. The van der Waals surface area contributed by atoms with Gasteiger partial charge in [-0.25, -0.2) is 0 Å². The van der Waals surface area contributed by atoms with E-state index in [1.165, 1.54) is 11.1 Å². The van der Waals surface area contributed by atoms with Gasteiger partial charge in [-0.15, -0.1) is 0 Å². The van der Waals surface area contributed by atoms with Crippen LogP contribution in [-0.4, -0.2) is 23.6 Å². The first-order chi connectivity index (χ1) is 11.2. The summed E-state index contributed by atoms with van der Waals surface area (Å²) in [5.74, 6) is 0.0650. The maximum atomic E-state index is 12.4. The predicted molar refractivity (Wildman–Crippen MR) is 90.3 cm³/mol. The first-order valence-electron chi connectivity index (χ1n) is 8.08. The zero-order valence-corrected chi connectivity index (χ0v) is 13.4. The first kappa shape index (κ1) is 15.5. The van der Waals surface area contributed by atoms with Crippen LogP contribution in [-0.2, 0) is 11.2 Å². The fraction of sp³-hybridized carbons (Fsp3) is 0.300. The molecule has 0 heterocycles. The quantitative estimate of drug-likeness (QED) is 0.788. The average Bonchev–Trinajstić information content (AvgIpc) is 3.03. The van der Waals surface area contributed by atoms with Crippen molar-refractivity contribution in [2.24, 2.45) is 0 Å². The van der Waals surface area contributed by atoms with E-state index in [1.54, 1.807) is 12.1 Å². The van der Waals surface area contributed by atoms with Gasteiger partial charge in [-0.3, -0.25) is 9.59 Å². The summed E-state index contributed by atoms with van der Waals surface area (Å²) in [5.41, 5.74) is 3.25. The Bertz CT molecular complexity index is 709. The molecule has 1 unspecified atom stereocenters. The lowest BCUT2D eigenvalue weighted by Crippen LogP contribution is -2.30. The van der Waals surface area contributed by atoms with E-state index >= 15 is 0 Å². The van der Waals surface area contributed by atoms with Crippen LogP contribution in [0.15, 0.2) is 54.6 Å². The molecule has 0 saturated heterocycles. The molecule has 0 bridgehead atoms. The van der Waals surface area contributed by atoms with Crippen LogP contribution < -0.4 is 0 Å². The van der Waals surface area contributed by atoms with Gasteiger partial charge in [0, 0.05) is 25.5 Å². The van der Waals surface area contributed by atoms with Gasteiger partial charge in [0.1, 0.15) is 0 Å². The number of hydrogen-bond donors (Lipinski definition) is 0. The number of amides is 1. The van der Waals surface area contributed by atoms with Gasteiger partial charge in [0.05, 0.1) is 6.04 Å². The fourth-order valence-corrected chi connectivity index (χ4v) is 3.28. The van der Waals surface area contributed by atoms with Crippen LogP contribution in [0.2, 0.25) is 0 Å². The summed E-state index contributed by atoms with van der Waals surface area (Å²) in [7, 11) is 1.85. The molecule has 0 saturated carbocycles. The first-order valence-corrected chi connectivity index (χ1v) is 8.08. The lowest BCUT2D eigenvalue weighted by Gasteiger charge is -2.25. The van der Waals surface area contributed by atoms with Gasteiger partial charge in [-0.2, -0.15) is 0 Å². The van der Waals surface area contributed by atoms with Crippen LogP contribution in [0.4, 0.5) is 0 Å². The minimum absolute atomic E-state index is 0.0270. The Hall–Kier alpha value is -2.42. The number of aryl methyl sites for hydroxylation is 1. The molecule has 3 rings (SSSR count).